The zero-order valence-corrected chi connectivity index (χ0v) is 12.3. The van der Waals surface area contributed by atoms with Crippen molar-refractivity contribution < 1.29 is 19.1 Å². The molecule has 0 fully saturated rings. The number of carbonyl (C=O) groups excluding carboxylic acids is 1. The number of hydrogen-bond donors (Lipinski definition) is 1. The quantitative estimate of drug-likeness (QED) is 0.841. The lowest BCUT2D eigenvalue weighted by Gasteiger charge is -2.22. The van der Waals surface area contributed by atoms with Crippen molar-refractivity contribution in [3.05, 3.63) is 41.7 Å². The fraction of sp³-hybridized carbons (Fsp3) is 0.375. The van der Waals surface area contributed by atoms with Crippen molar-refractivity contribution in [3.8, 4) is 0 Å². The number of halogens is 1. The molecule has 1 N–H and O–H groups in total. The summed E-state index contributed by atoms with van der Waals surface area (Å²) in [6.45, 7) is 3.98. The summed E-state index contributed by atoms with van der Waals surface area (Å²) in [5.41, 5.74) is 0.790. The normalized spacial score (nSPS) is 11.0. The number of benzene rings is 1. The molecule has 0 heterocycles. The van der Waals surface area contributed by atoms with Crippen LogP contribution in [0.5, 0.6) is 0 Å². The first-order chi connectivity index (χ1) is 9.88. The molecule has 1 rings (SSSR count). The Kier molecular flexibility index (Phi) is 6.59. The number of aliphatic carboxylic acids is 1. The van der Waals surface area contributed by atoms with Crippen LogP contribution in [0.2, 0.25) is 0 Å². The maximum atomic E-state index is 12.7. The molecule has 0 aliphatic heterocycles. The zero-order chi connectivity index (χ0) is 15.8. The smallest absolute Gasteiger partial charge is 0.323 e. The lowest BCUT2D eigenvalue weighted by atomic mass is 10.1. The molecule has 5 heteroatoms. The van der Waals surface area contributed by atoms with E-state index in [0.29, 0.717) is 6.54 Å². The average molecular weight is 293 g/mol. The van der Waals surface area contributed by atoms with Gasteiger partial charge in [0.05, 0.1) is 0 Å². The molecule has 0 bridgehead atoms. The van der Waals surface area contributed by atoms with Gasteiger partial charge in [-0.25, -0.2) is 4.39 Å². The second-order valence-electron chi connectivity index (χ2n) is 5.22. The van der Waals surface area contributed by atoms with Crippen LogP contribution in [0, 0.1) is 11.7 Å². The van der Waals surface area contributed by atoms with Gasteiger partial charge < -0.3 is 10.0 Å². The Morgan fingerprint density at radius 2 is 1.90 bits per heavy atom. The molecule has 0 radical (unpaired) electrons. The first-order valence-electron chi connectivity index (χ1n) is 6.80. The van der Waals surface area contributed by atoms with E-state index in [-0.39, 0.29) is 30.6 Å². The number of carboxylic acids is 1. The minimum atomic E-state index is -1.02. The van der Waals surface area contributed by atoms with E-state index in [1.54, 1.807) is 24.3 Å². The van der Waals surface area contributed by atoms with Gasteiger partial charge in [-0.05, 0) is 23.6 Å². The highest BCUT2D eigenvalue weighted by Gasteiger charge is 2.16. The molecule has 0 aliphatic carbocycles. The molecule has 1 amide bonds. The molecule has 4 nitrogen and oxygen atoms in total. The highest BCUT2D eigenvalue weighted by molar-refractivity contribution is 5.82. The third-order valence-electron chi connectivity index (χ3n) is 2.74. The molecular weight excluding hydrogens is 273 g/mol. The number of rotatable bonds is 7. The first-order valence-corrected chi connectivity index (χ1v) is 6.80. The SMILES string of the molecule is CC(C)CN(CC(=O)O)C(=O)C/C=C/c1ccc(F)cc1. The lowest BCUT2D eigenvalue weighted by Crippen LogP contribution is -2.37. The summed E-state index contributed by atoms with van der Waals surface area (Å²) in [6, 6.07) is 5.91. The Hall–Kier alpha value is -2.17. The summed E-state index contributed by atoms with van der Waals surface area (Å²) in [5, 5.41) is 8.83. The number of nitrogens with zero attached hydrogens (tertiary/aromatic N) is 1. The summed E-state index contributed by atoms with van der Waals surface area (Å²) in [6.07, 6.45) is 3.49. The molecule has 0 aliphatic rings. The molecule has 0 saturated carbocycles. The van der Waals surface area contributed by atoms with Crippen LogP contribution in [0.3, 0.4) is 0 Å². The second kappa shape index (κ2) is 8.19. The summed E-state index contributed by atoms with van der Waals surface area (Å²) in [4.78, 5) is 24.1. The monoisotopic (exact) mass is 293 g/mol. The number of amides is 1. The topological polar surface area (TPSA) is 57.6 Å². The number of hydrogen-bond acceptors (Lipinski definition) is 2. The minimum absolute atomic E-state index is 0.122. The van der Waals surface area contributed by atoms with E-state index in [0.717, 1.165) is 5.56 Å². The second-order valence-corrected chi connectivity index (χ2v) is 5.22. The standard InChI is InChI=1S/C16H20FNO3/c1-12(2)10-18(11-16(20)21)15(19)5-3-4-13-6-8-14(17)9-7-13/h3-4,6-9,12H,5,10-11H2,1-2H3,(H,20,21)/b4-3+. The predicted molar refractivity (Wildman–Crippen MR) is 79.1 cm³/mol. The van der Waals surface area contributed by atoms with Gasteiger partial charge in [0.1, 0.15) is 12.4 Å². The molecule has 114 valence electrons. The van der Waals surface area contributed by atoms with Crippen molar-refractivity contribution in [1.82, 2.24) is 4.90 Å². The maximum absolute atomic E-state index is 12.7. The van der Waals surface area contributed by atoms with Crippen molar-refractivity contribution in [3.63, 3.8) is 0 Å². The Labute approximate surface area is 123 Å². The molecule has 21 heavy (non-hydrogen) atoms. The lowest BCUT2D eigenvalue weighted by molar-refractivity contribution is -0.144. The molecule has 1 aromatic carbocycles. The molecule has 0 spiro atoms. The van der Waals surface area contributed by atoms with Crippen LogP contribution in [0.15, 0.2) is 30.3 Å². The average Bonchev–Trinajstić information content (AvgIpc) is 2.39. The van der Waals surface area contributed by atoms with Gasteiger partial charge >= 0.3 is 5.97 Å². The van der Waals surface area contributed by atoms with Crippen LogP contribution in [0.1, 0.15) is 25.8 Å². The van der Waals surface area contributed by atoms with Gasteiger partial charge in [-0.15, -0.1) is 0 Å². The van der Waals surface area contributed by atoms with Crippen LogP contribution < -0.4 is 0 Å². The van der Waals surface area contributed by atoms with E-state index in [1.807, 2.05) is 13.8 Å². The Morgan fingerprint density at radius 1 is 1.29 bits per heavy atom. The predicted octanol–water partition coefficient (Wildman–Crippen LogP) is 2.80. The van der Waals surface area contributed by atoms with Crippen molar-refractivity contribution in [2.45, 2.75) is 20.3 Å². The van der Waals surface area contributed by atoms with E-state index in [4.69, 9.17) is 5.11 Å². The van der Waals surface area contributed by atoms with Gasteiger partial charge in [-0.3, -0.25) is 9.59 Å². The summed E-state index contributed by atoms with van der Waals surface area (Å²) >= 11 is 0. The van der Waals surface area contributed by atoms with Gasteiger partial charge in [-0.2, -0.15) is 0 Å². The van der Waals surface area contributed by atoms with Gasteiger partial charge in [0.15, 0.2) is 0 Å². The molecule has 0 saturated heterocycles. The van der Waals surface area contributed by atoms with Crippen LogP contribution in [-0.2, 0) is 9.59 Å². The van der Waals surface area contributed by atoms with Crippen LogP contribution in [0.25, 0.3) is 6.08 Å². The van der Waals surface area contributed by atoms with Crippen molar-refractivity contribution >= 4 is 18.0 Å². The van der Waals surface area contributed by atoms with E-state index in [2.05, 4.69) is 0 Å². The first kappa shape index (κ1) is 16.9. The fourth-order valence-electron chi connectivity index (χ4n) is 1.86. The van der Waals surface area contributed by atoms with Gasteiger partial charge in [0, 0.05) is 13.0 Å². The highest BCUT2D eigenvalue weighted by Crippen LogP contribution is 2.07. The van der Waals surface area contributed by atoms with Gasteiger partial charge in [0.25, 0.3) is 0 Å². The van der Waals surface area contributed by atoms with E-state index >= 15 is 0 Å². The Balaban J connectivity index is 2.59. The van der Waals surface area contributed by atoms with Crippen molar-refractivity contribution in [2.24, 2.45) is 5.92 Å². The summed E-state index contributed by atoms with van der Waals surface area (Å²) in [5.74, 6) is -1.36. The van der Waals surface area contributed by atoms with Crippen LogP contribution >= 0.6 is 0 Å². The van der Waals surface area contributed by atoms with Crippen molar-refractivity contribution in [2.75, 3.05) is 13.1 Å². The Bertz CT molecular complexity index is 509. The molecular formula is C16H20FNO3. The third-order valence-corrected chi connectivity index (χ3v) is 2.74. The minimum Gasteiger partial charge on any atom is -0.480 e. The van der Waals surface area contributed by atoms with Crippen LogP contribution in [0.4, 0.5) is 4.39 Å². The van der Waals surface area contributed by atoms with E-state index < -0.39 is 5.97 Å². The number of carboxylic acid groups (broad SMARTS) is 1. The zero-order valence-electron chi connectivity index (χ0n) is 12.3. The van der Waals surface area contributed by atoms with Crippen molar-refractivity contribution in [1.29, 1.82) is 0 Å². The third kappa shape index (κ3) is 6.70. The molecule has 0 aromatic heterocycles. The van der Waals surface area contributed by atoms with Gasteiger partial charge in [0.2, 0.25) is 5.91 Å². The molecule has 0 atom stereocenters. The van der Waals surface area contributed by atoms with Crippen LogP contribution in [-0.4, -0.2) is 35.0 Å². The largest absolute Gasteiger partial charge is 0.480 e. The van der Waals surface area contributed by atoms with E-state index in [9.17, 15) is 14.0 Å². The molecule has 1 aromatic rings. The van der Waals surface area contributed by atoms with Gasteiger partial charge in [-0.1, -0.05) is 38.1 Å². The summed E-state index contributed by atoms with van der Waals surface area (Å²) in [7, 11) is 0. The number of carbonyl (C=O) groups is 2. The summed E-state index contributed by atoms with van der Waals surface area (Å²) < 4.78 is 12.7. The van der Waals surface area contributed by atoms with E-state index in [1.165, 1.54) is 17.0 Å². The maximum Gasteiger partial charge on any atom is 0.323 e. The highest BCUT2D eigenvalue weighted by atomic mass is 19.1. The fourth-order valence-corrected chi connectivity index (χ4v) is 1.86. The Morgan fingerprint density at radius 3 is 2.43 bits per heavy atom. The molecule has 0 unspecified atom stereocenters.